The maximum absolute atomic E-state index is 14.4. The molecule has 1 atom stereocenters. The standard InChI is InChI=1S/C23H21F5N6O2/c1-2-5-18-29-21(20(35)36,22(24,25)23(26,27)28)13-34(18)12-14-8-10-15(11-9-14)16-6-3-4-7-17(16)19-30-32-33-31-19/h3-4,6-11H,2,5,12-13H2,1H3,(H,35,36)(H,30,31,32,33). The third kappa shape index (κ3) is 4.29. The van der Waals surface area contributed by atoms with Crippen LogP contribution < -0.4 is 0 Å². The molecule has 0 spiro atoms. The van der Waals surface area contributed by atoms with E-state index in [9.17, 15) is 31.9 Å². The Morgan fingerprint density at radius 3 is 2.31 bits per heavy atom. The van der Waals surface area contributed by atoms with E-state index in [4.69, 9.17) is 0 Å². The molecular weight excluding hydrogens is 487 g/mol. The number of hydrogen-bond acceptors (Lipinski definition) is 6. The molecule has 0 saturated heterocycles. The van der Waals surface area contributed by atoms with E-state index in [-0.39, 0.29) is 18.8 Å². The Bertz CT molecular complexity index is 1260. The highest BCUT2D eigenvalue weighted by Gasteiger charge is 2.76. The SMILES string of the molecule is CCCC1=NC(C(=O)O)(C(F)(F)C(F)(F)F)CN1Cc1ccc(-c2ccccc2-c2nnn[nH]2)cc1. The minimum Gasteiger partial charge on any atom is -0.479 e. The van der Waals surface area contributed by atoms with Gasteiger partial charge in [0, 0.05) is 18.5 Å². The highest BCUT2D eigenvalue weighted by atomic mass is 19.4. The van der Waals surface area contributed by atoms with Crippen molar-refractivity contribution in [2.24, 2.45) is 4.99 Å². The summed E-state index contributed by atoms with van der Waals surface area (Å²) in [6, 6.07) is 14.3. The molecular formula is C23H21F5N6O2. The second-order valence-corrected chi connectivity index (χ2v) is 8.36. The molecule has 2 N–H and O–H groups in total. The first-order chi connectivity index (χ1) is 17.0. The van der Waals surface area contributed by atoms with Crippen LogP contribution in [0.1, 0.15) is 25.3 Å². The van der Waals surface area contributed by atoms with Crippen molar-refractivity contribution < 1.29 is 31.9 Å². The van der Waals surface area contributed by atoms with Gasteiger partial charge in [-0.05, 0) is 33.5 Å². The number of hydrogen-bond donors (Lipinski definition) is 2. The lowest BCUT2D eigenvalue weighted by Crippen LogP contribution is -2.62. The highest BCUT2D eigenvalue weighted by Crippen LogP contribution is 2.48. The van der Waals surface area contributed by atoms with Crippen LogP contribution >= 0.6 is 0 Å². The number of carbonyl (C=O) groups is 1. The lowest BCUT2D eigenvalue weighted by atomic mass is 9.91. The Balaban J connectivity index is 1.62. The van der Waals surface area contributed by atoms with Gasteiger partial charge in [-0.1, -0.05) is 55.5 Å². The van der Waals surface area contributed by atoms with Crippen molar-refractivity contribution in [2.45, 2.75) is 43.9 Å². The van der Waals surface area contributed by atoms with Gasteiger partial charge in [0.25, 0.3) is 0 Å². The van der Waals surface area contributed by atoms with Crippen molar-refractivity contribution in [1.29, 1.82) is 0 Å². The van der Waals surface area contributed by atoms with Crippen molar-refractivity contribution in [2.75, 3.05) is 6.54 Å². The number of halogens is 5. The molecule has 2 heterocycles. The fourth-order valence-electron chi connectivity index (χ4n) is 4.16. The molecule has 190 valence electrons. The Hall–Kier alpha value is -3.90. The van der Waals surface area contributed by atoms with Gasteiger partial charge in [0.15, 0.2) is 5.82 Å². The average Bonchev–Trinajstić information content (AvgIpc) is 3.49. The van der Waals surface area contributed by atoms with Crippen LogP contribution in [0.2, 0.25) is 0 Å². The molecule has 1 aromatic heterocycles. The number of nitrogens with one attached hydrogen (secondary N) is 1. The van der Waals surface area contributed by atoms with Gasteiger partial charge < -0.3 is 10.0 Å². The molecule has 0 fully saturated rings. The third-order valence-corrected chi connectivity index (χ3v) is 5.97. The highest BCUT2D eigenvalue weighted by molar-refractivity contribution is 5.93. The molecule has 2 aromatic carbocycles. The number of carboxylic acids is 1. The van der Waals surface area contributed by atoms with E-state index in [0.717, 1.165) is 16.7 Å². The van der Waals surface area contributed by atoms with E-state index in [1.807, 2.05) is 24.3 Å². The Morgan fingerprint density at radius 1 is 1.08 bits per heavy atom. The molecule has 0 amide bonds. The zero-order valence-electron chi connectivity index (χ0n) is 18.9. The monoisotopic (exact) mass is 508 g/mol. The summed E-state index contributed by atoms with van der Waals surface area (Å²) < 4.78 is 68.4. The van der Waals surface area contributed by atoms with Crippen LogP contribution in [0.15, 0.2) is 53.5 Å². The van der Waals surface area contributed by atoms with Gasteiger partial charge in [0.1, 0.15) is 5.84 Å². The number of benzene rings is 2. The smallest absolute Gasteiger partial charge is 0.456 e. The second kappa shape index (κ2) is 9.28. The summed E-state index contributed by atoms with van der Waals surface area (Å²) in [5, 5.41) is 23.3. The first kappa shape index (κ1) is 25.2. The van der Waals surface area contributed by atoms with E-state index < -0.39 is 30.2 Å². The van der Waals surface area contributed by atoms with Gasteiger partial charge >= 0.3 is 18.1 Å². The van der Waals surface area contributed by atoms with Crippen LogP contribution in [-0.2, 0) is 11.3 Å². The predicted molar refractivity (Wildman–Crippen MR) is 119 cm³/mol. The molecule has 1 unspecified atom stereocenters. The topological polar surface area (TPSA) is 107 Å². The summed E-state index contributed by atoms with van der Waals surface area (Å²) in [5.41, 5.74) is -0.727. The molecule has 0 saturated carbocycles. The molecule has 0 radical (unpaired) electrons. The maximum Gasteiger partial charge on any atom is 0.456 e. The fraction of sp³-hybridized carbons (Fsp3) is 0.348. The van der Waals surface area contributed by atoms with E-state index in [2.05, 4.69) is 25.6 Å². The van der Waals surface area contributed by atoms with Crippen molar-refractivity contribution in [1.82, 2.24) is 25.5 Å². The van der Waals surface area contributed by atoms with Crippen LogP contribution in [0, 0.1) is 0 Å². The summed E-state index contributed by atoms with van der Waals surface area (Å²) in [7, 11) is 0. The van der Waals surface area contributed by atoms with Crippen molar-refractivity contribution in [3.8, 4) is 22.5 Å². The van der Waals surface area contributed by atoms with Crippen molar-refractivity contribution in [3.63, 3.8) is 0 Å². The summed E-state index contributed by atoms with van der Waals surface area (Å²) in [5.74, 6) is -7.52. The minimum absolute atomic E-state index is 0.0552. The number of nitrogens with zero attached hydrogens (tertiary/aromatic N) is 5. The first-order valence-corrected chi connectivity index (χ1v) is 10.9. The van der Waals surface area contributed by atoms with E-state index in [0.29, 0.717) is 17.8 Å². The lowest BCUT2D eigenvalue weighted by molar-refractivity contribution is -0.304. The number of H-pyrrole nitrogens is 1. The summed E-state index contributed by atoms with van der Waals surface area (Å²) >= 11 is 0. The van der Waals surface area contributed by atoms with E-state index in [1.165, 1.54) is 4.90 Å². The fourth-order valence-corrected chi connectivity index (χ4v) is 4.16. The van der Waals surface area contributed by atoms with E-state index >= 15 is 0 Å². The normalized spacial score (nSPS) is 18.4. The number of aliphatic imine (C=N–C) groups is 1. The number of amidine groups is 1. The maximum atomic E-state index is 14.4. The van der Waals surface area contributed by atoms with Gasteiger partial charge in [-0.3, -0.25) is 0 Å². The van der Waals surface area contributed by atoms with Crippen LogP contribution in [0.4, 0.5) is 22.0 Å². The van der Waals surface area contributed by atoms with Gasteiger partial charge in [-0.15, -0.1) is 5.10 Å². The number of carboxylic acid groups (broad SMARTS) is 1. The number of aliphatic carboxylic acids is 1. The summed E-state index contributed by atoms with van der Waals surface area (Å²) in [6.45, 7) is 0.503. The Morgan fingerprint density at radius 2 is 1.75 bits per heavy atom. The first-order valence-electron chi connectivity index (χ1n) is 10.9. The Labute approximate surface area is 201 Å². The average molecular weight is 508 g/mol. The van der Waals surface area contributed by atoms with Gasteiger partial charge in [-0.25, -0.2) is 14.9 Å². The van der Waals surface area contributed by atoms with Crippen LogP contribution in [0.25, 0.3) is 22.5 Å². The van der Waals surface area contributed by atoms with E-state index in [1.54, 1.807) is 31.2 Å². The zero-order chi connectivity index (χ0) is 26.1. The molecule has 4 rings (SSSR count). The molecule has 3 aromatic rings. The number of aromatic amines is 1. The van der Waals surface area contributed by atoms with Gasteiger partial charge in [0.05, 0.1) is 6.54 Å². The summed E-state index contributed by atoms with van der Waals surface area (Å²) in [4.78, 5) is 16.4. The molecule has 36 heavy (non-hydrogen) atoms. The van der Waals surface area contributed by atoms with Crippen LogP contribution in [-0.4, -0.2) is 66.6 Å². The number of alkyl halides is 5. The molecule has 0 bridgehead atoms. The zero-order valence-corrected chi connectivity index (χ0v) is 18.9. The van der Waals surface area contributed by atoms with Gasteiger partial charge in [0.2, 0.25) is 5.54 Å². The summed E-state index contributed by atoms with van der Waals surface area (Å²) in [6.07, 6.45) is -5.63. The molecule has 1 aliphatic heterocycles. The number of rotatable bonds is 8. The predicted octanol–water partition coefficient (Wildman–Crippen LogP) is 4.57. The van der Waals surface area contributed by atoms with Gasteiger partial charge in [-0.2, -0.15) is 22.0 Å². The molecule has 13 heteroatoms. The van der Waals surface area contributed by atoms with Crippen molar-refractivity contribution in [3.05, 3.63) is 54.1 Å². The molecule has 0 aliphatic carbocycles. The lowest BCUT2D eigenvalue weighted by Gasteiger charge is -2.32. The quantitative estimate of drug-likeness (QED) is 0.432. The third-order valence-electron chi connectivity index (χ3n) is 5.97. The number of aromatic nitrogens is 4. The Kier molecular flexibility index (Phi) is 6.50. The van der Waals surface area contributed by atoms with Crippen LogP contribution in [0.5, 0.6) is 0 Å². The second-order valence-electron chi connectivity index (χ2n) is 8.36. The van der Waals surface area contributed by atoms with Crippen molar-refractivity contribution >= 4 is 11.8 Å². The number of tetrazole rings is 1. The molecule has 8 nitrogen and oxygen atoms in total. The molecule has 1 aliphatic rings. The largest absolute Gasteiger partial charge is 0.479 e. The minimum atomic E-state index is -6.07. The van der Waals surface area contributed by atoms with Crippen LogP contribution in [0.3, 0.4) is 0 Å².